The average Bonchev–Trinajstić information content (AvgIpc) is 3.07. The first-order valence-electron chi connectivity index (χ1n) is 10.9. The number of thioether (sulfide) groups is 1. The van der Waals surface area contributed by atoms with Gasteiger partial charge in [-0.2, -0.15) is 0 Å². The lowest BCUT2D eigenvalue weighted by Gasteiger charge is -2.31. The van der Waals surface area contributed by atoms with E-state index < -0.39 is 11.1 Å². The van der Waals surface area contributed by atoms with Crippen LogP contribution in [-0.4, -0.2) is 46.5 Å². The Morgan fingerprint density at radius 2 is 1.82 bits per heavy atom. The molecule has 2 aromatic rings. The summed E-state index contributed by atoms with van der Waals surface area (Å²) < 4.78 is 5.78. The summed E-state index contributed by atoms with van der Waals surface area (Å²) in [6, 6.07) is 14.7. The zero-order valence-corrected chi connectivity index (χ0v) is 19.9. The Morgan fingerprint density at radius 3 is 2.52 bits per heavy atom. The van der Waals surface area contributed by atoms with Crippen LogP contribution in [0.3, 0.4) is 0 Å². The van der Waals surface area contributed by atoms with Crippen LogP contribution in [0.15, 0.2) is 53.4 Å². The molecule has 3 amide bonds. The molecule has 0 N–H and O–H groups in total. The molecule has 33 heavy (non-hydrogen) atoms. The van der Waals surface area contributed by atoms with Crippen LogP contribution in [0.5, 0.6) is 5.75 Å². The molecule has 0 aliphatic carbocycles. The molecule has 0 atom stereocenters. The zero-order valence-electron chi connectivity index (χ0n) is 18.3. The molecule has 2 saturated heterocycles. The third-order valence-electron chi connectivity index (χ3n) is 5.83. The molecule has 6 nitrogen and oxygen atoms in total. The number of imide groups is 1. The van der Waals surface area contributed by atoms with Gasteiger partial charge in [0.2, 0.25) is 5.91 Å². The molecule has 0 bridgehead atoms. The number of likely N-dealkylation sites (tertiary alicyclic amines) is 1. The van der Waals surface area contributed by atoms with Gasteiger partial charge < -0.3 is 9.64 Å². The van der Waals surface area contributed by atoms with Gasteiger partial charge in [0.15, 0.2) is 0 Å². The third-order valence-corrected chi connectivity index (χ3v) is 7.11. The average molecular weight is 485 g/mol. The molecule has 0 aromatic heterocycles. The van der Waals surface area contributed by atoms with Crippen LogP contribution in [0, 0.1) is 5.92 Å². The van der Waals surface area contributed by atoms with E-state index in [9.17, 15) is 14.4 Å². The van der Waals surface area contributed by atoms with E-state index in [1.54, 1.807) is 23.1 Å². The molecule has 0 saturated carbocycles. The van der Waals surface area contributed by atoms with E-state index in [0.717, 1.165) is 40.6 Å². The SMILES string of the molecule is CC1CCN(C(=O)CN2C(=O)S/C(=C/c3ccc(OCc4ccccc4Cl)cc3)C2=O)CC1. The monoisotopic (exact) mass is 484 g/mol. The summed E-state index contributed by atoms with van der Waals surface area (Å²) >= 11 is 7.01. The summed E-state index contributed by atoms with van der Waals surface area (Å²) in [6.45, 7) is 3.67. The highest BCUT2D eigenvalue weighted by molar-refractivity contribution is 8.18. The minimum atomic E-state index is -0.428. The minimum Gasteiger partial charge on any atom is -0.489 e. The number of hydrogen-bond donors (Lipinski definition) is 0. The Balaban J connectivity index is 1.35. The van der Waals surface area contributed by atoms with Gasteiger partial charge >= 0.3 is 0 Å². The van der Waals surface area contributed by atoms with Crippen molar-refractivity contribution in [2.45, 2.75) is 26.4 Å². The van der Waals surface area contributed by atoms with Crippen LogP contribution in [0.1, 0.15) is 30.9 Å². The predicted octanol–water partition coefficient (Wildman–Crippen LogP) is 5.21. The number of rotatable bonds is 6. The molecular formula is C25H25ClN2O4S. The third kappa shape index (κ3) is 5.78. The van der Waals surface area contributed by atoms with Crippen molar-refractivity contribution in [2.24, 2.45) is 5.92 Å². The maximum atomic E-state index is 12.8. The molecule has 0 spiro atoms. The van der Waals surface area contributed by atoms with Gasteiger partial charge in [-0.25, -0.2) is 0 Å². The standard InChI is InChI=1S/C25H25ClN2O4S/c1-17-10-12-27(13-11-17)23(29)15-28-24(30)22(33-25(28)31)14-18-6-8-20(9-7-18)32-16-19-4-2-3-5-21(19)26/h2-9,14,17H,10-13,15-16H2,1H3/b22-14+. The van der Waals surface area contributed by atoms with Crippen molar-refractivity contribution in [1.82, 2.24) is 9.80 Å². The van der Waals surface area contributed by atoms with Crippen molar-refractivity contribution in [3.8, 4) is 5.75 Å². The van der Waals surface area contributed by atoms with Crippen molar-refractivity contribution < 1.29 is 19.1 Å². The van der Waals surface area contributed by atoms with Crippen LogP contribution in [0.2, 0.25) is 5.02 Å². The highest BCUT2D eigenvalue weighted by atomic mass is 35.5. The first kappa shape index (κ1) is 23.4. The molecule has 172 valence electrons. The second-order valence-electron chi connectivity index (χ2n) is 8.28. The summed E-state index contributed by atoms with van der Waals surface area (Å²) in [5.41, 5.74) is 1.66. The summed E-state index contributed by atoms with van der Waals surface area (Å²) in [4.78, 5) is 40.8. The topological polar surface area (TPSA) is 66.9 Å². The Labute approximate surface area is 202 Å². The van der Waals surface area contributed by atoms with Crippen LogP contribution in [0.25, 0.3) is 6.08 Å². The van der Waals surface area contributed by atoms with Gasteiger partial charge in [0.25, 0.3) is 11.1 Å². The molecule has 4 rings (SSSR count). The van der Waals surface area contributed by atoms with Gasteiger partial charge in [-0.15, -0.1) is 0 Å². The van der Waals surface area contributed by atoms with E-state index in [-0.39, 0.29) is 12.5 Å². The largest absolute Gasteiger partial charge is 0.489 e. The molecule has 2 heterocycles. The van der Waals surface area contributed by atoms with E-state index in [2.05, 4.69) is 6.92 Å². The number of hydrogen-bond acceptors (Lipinski definition) is 5. The van der Waals surface area contributed by atoms with Crippen molar-refractivity contribution in [3.63, 3.8) is 0 Å². The molecular weight excluding hydrogens is 460 g/mol. The quantitative estimate of drug-likeness (QED) is 0.526. The maximum absolute atomic E-state index is 12.8. The second-order valence-corrected chi connectivity index (χ2v) is 9.68. The molecule has 2 aliphatic heterocycles. The zero-order chi connectivity index (χ0) is 23.4. The summed E-state index contributed by atoms with van der Waals surface area (Å²) in [6.07, 6.45) is 3.56. The van der Waals surface area contributed by atoms with Crippen molar-refractivity contribution in [1.29, 1.82) is 0 Å². The molecule has 0 unspecified atom stereocenters. The van der Waals surface area contributed by atoms with E-state index in [1.165, 1.54) is 0 Å². The summed E-state index contributed by atoms with van der Waals surface area (Å²) in [7, 11) is 0. The number of piperidine rings is 1. The van der Waals surface area contributed by atoms with Gasteiger partial charge in [-0.3, -0.25) is 19.3 Å². The van der Waals surface area contributed by atoms with E-state index in [4.69, 9.17) is 16.3 Å². The number of halogens is 1. The maximum Gasteiger partial charge on any atom is 0.294 e. The number of nitrogens with zero attached hydrogens (tertiary/aromatic N) is 2. The molecule has 8 heteroatoms. The Bertz CT molecular complexity index is 1080. The van der Waals surface area contributed by atoms with Crippen LogP contribution < -0.4 is 4.74 Å². The van der Waals surface area contributed by atoms with E-state index in [0.29, 0.717) is 41.3 Å². The lowest BCUT2D eigenvalue weighted by molar-refractivity contribution is -0.136. The first-order valence-corrected chi connectivity index (χ1v) is 12.1. The molecule has 2 fully saturated rings. The van der Waals surface area contributed by atoms with Crippen molar-refractivity contribution in [3.05, 3.63) is 69.6 Å². The fourth-order valence-electron chi connectivity index (χ4n) is 3.72. The lowest BCUT2D eigenvalue weighted by atomic mass is 9.99. The molecule has 2 aromatic carbocycles. The van der Waals surface area contributed by atoms with Gasteiger partial charge in [0.1, 0.15) is 18.9 Å². The van der Waals surface area contributed by atoms with Crippen LogP contribution in [0.4, 0.5) is 4.79 Å². The van der Waals surface area contributed by atoms with E-state index >= 15 is 0 Å². The van der Waals surface area contributed by atoms with Gasteiger partial charge in [0.05, 0.1) is 4.91 Å². The van der Waals surface area contributed by atoms with E-state index in [1.807, 2.05) is 36.4 Å². The number of ether oxygens (including phenoxy) is 1. The minimum absolute atomic E-state index is 0.175. The number of benzene rings is 2. The molecule has 0 radical (unpaired) electrons. The van der Waals surface area contributed by atoms with Gasteiger partial charge in [-0.1, -0.05) is 48.9 Å². The van der Waals surface area contributed by atoms with Crippen LogP contribution >= 0.6 is 23.4 Å². The van der Waals surface area contributed by atoms with Crippen molar-refractivity contribution in [2.75, 3.05) is 19.6 Å². The van der Waals surface area contributed by atoms with Gasteiger partial charge in [0, 0.05) is 23.7 Å². The van der Waals surface area contributed by atoms with Crippen LogP contribution in [-0.2, 0) is 16.2 Å². The molecule has 2 aliphatic rings. The highest BCUT2D eigenvalue weighted by Crippen LogP contribution is 2.32. The number of carbonyl (C=O) groups excluding carboxylic acids is 3. The Kier molecular flexibility index (Phi) is 7.40. The fourth-order valence-corrected chi connectivity index (χ4v) is 4.75. The predicted molar refractivity (Wildman–Crippen MR) is 130 cm³/mol. The number of carbonyl (C=O) groups is 3. The van der Waals surface area contributed by atoms with Gasteiger partial charge in [-0.05, 0) is 60.4 Å². The summed E-state index contributed by atoms with van der Waals surface area (Å²) in [5.74, 6) is 0.664. The first-order chi connectivity index (χ1) is 15.9. The summed E-state index contributed by atoms with van der Waals surface area (Å²) in [5, 5.41) is 0.239. The van der Waals surface area contributed by atoms with Crippen molar-refractivity contribution >= 4 is 46.5 Å². The highest BCUT2D eigenvalue weighted by Gasteiger charge is 2.37. The normalized spacial score (nSPS) is 18.3. The second kappa shape index (κ2) is 10.4. The smallest absolute Gasteiger partial charge is 0.294 e. The number of amides is 3. The Morgan fingerprint density at radius 1 is 1.12 bits per heavy atom. The Hall–Kier alpha value is -2.77. The fraction of sp³-hybridized carbons (Fsp3) is 0.320. The lowest BCUT2D eigenvalue weighted by Crippen LogP contribution is -2.45.